The molecule has 18 heavy (non-hydrogen) atoms. The Hall–Kier alpha value is -1.63. The second-order valence-corrected chi connectivity index (χ2v) is 5.42. The second kappa shape index (κ2) is 5.81. The van der Waals surface area contributed by atoms with Crippen LogP contribution in [0.3, 0.4) is 0 Å². The number of halogens is 1. The molecule has 0 heterocycles. The molecular formula is C10H13FN4O2S. The van der Waals surface area contributed by atoms with Crippen LogP contribution in [0.1, 0.15) is 11.1 Å². The van der Waals surface area contributed by atoms with Crippen LogP contribution >= 0.6 is 0 Å². The first-order chi connectivity index (χ1) is 8.38. The van der Waals surface area contributed by atoms with Crippen molar-refractivity contribution in [2.45, 2.75) is 18.7 Å². The molecule has 0 unspecified atom stereocenters. The van der Waals surface area contributed by atoms with Crippen molar-refractivity contribution in [3.05, 3.63) is 39.5 Å². The lowest BCUT2D eigenvalue weighted by Gasteiger charge is -2.11. The molecule has 0 saturated heterocycles. The van der Waals surface area contributed by atoms with Crippen molar-refractivity contribution in [3.8, 4) is 0 Å². The first-order valence-electron chi connectivity index (χ1n) is 5.16. The summed E-state index contributed by atoms with van der Waals surface area (Å²) in [5, 5.41) is 3.22. The zero-order valence-corrected chi connectivity index (χ0v) is 10.8. The zero-order valence-electron chi connectivity index (χ0n) is 10.0. The van der Waals surface area contributed by atoms with E-state index in [1.54, 1.807) is 0 Å². The number of benzene rings is 1. The molecule has 0 aliphatic heterocycles. The standard InChI is InChI=1S/C10H13FN4O2S/c1-7-5-9(11)6-8(2)10(7)18(16,17)14-4-3-13-15-12/h5-6,14H,3-4H2,1-2H3. The number of azide groups is 1. The van der Waals surface area contributed by atoms with Crippen LogP contribution in [0.25, 0.3) is 10.4 Å². The minimum Gasteiger partial charge on any atom is -0.211 e. The van der Waals surface area contributed by atoms with Crippen LogP contribution in [0.4, 0.5) is 4.39 Å². The van der Waals surface area contributed by atoms with Crippen molar-refractivity contribution in [1.82, 2.24) is 4.72 Å². The molecule has 1 aromatic rings. The molecule has 0 bridgehead atoms. The predicted octanol–water partition coefficient (Wildman–Crippen LogP) is 2.03. The molecule has 0 amide bonds. The first-order valence-corrected chi connectivity index (χ1v) is 6.64. The van der Waals surface area contributed by atoms with E-state index < -0.39 is 15.8 Å². The largest absolute Gasteiger partial charge is 0.241 e. The fourth-order valence-electron chi connectivity index (χ4n) is 1.67. The van der Waals surface area contributed by atoms with E-state index in [1.807, 2.05) is 0 Å². The van der Waals surface area contributed by atoms with Crippen LogP contribution in [-0.2, 0) is 10.0 Å². The van der Waals surface area contributed by atoms with Gasteiger partial charge >= 0.3 is 0 Å². The lowest BCUT2D eigenvalue weighted by atomic mass is 10.1. The molecule has 0 atom stereocenters. The Morgan fingerprint density at radius 3 is 2.44 bits per heavy atom. The second-order valence-electron chi connectivity index (χ2n) is 3.72. The number of sulfonamides is 1. The fourth-order valence-corrected chi connectivity index (χ4v) is 3.14. The Morgan fingerprint density at radius 1 is 1.39 bits per heavy atom. The van der Waals surface area contributed by atoms with Crippen molar-refractivity contribution >= 4 is 10.0 Å². The highest BCUT2D eigenvalue weighted by Crippen LogP contribution is 2.20. The molecule has 1 N–H and O–H groups in total. The Morgan fingerprint density at radius 2 is 1.94 bits per heavy atom. The highest BCUT2D eigenvalue weighted by atomic mass is 32.2. The molecule has 1 aromatic carbocycles. The highest BCUT2D eigenvalue weighted by Gasteiger charge is 2.19. The zero-order chi connectivity index (χ0) is 13.8. The quantitative estimate of drug-likeness (QED) is 0.384. The van der Waals surface area contributed by atoms with Gasteiger partial charge in [-0.25, -0.2) is 17.5 Å². The van der Waals surface area contributed by atoms with Crippen molar-refractivity contribution in [2.75, 3.05) is 13.1 Å². The molecule has 0 aliphatic carbocycles. The maximum Gasteiger partial charge on any atom is 0.241 e. The van der Waals surface area contributed by atoms with E-state index in [0.717, 1.165) is 12.1 Å². The summed E-state index contributed by atoms with van der Waals surface area (Å²) in [5.41, 5.74) is 8.74. The van der Waals surface area contributed by atoms with Gasteiger partial charge in [0.05, 0.1) is 4.90 Å². The molecule has 0 radical (unpaired) electrons. The summed E-state index contributed by atoms with van der Waals surface area (Å²) in [6.07, 6.45) is 0. The molecule has 0 spiro atoms. The first kappa shape index (κ1) is 14.4. The predicted molar refractivity (Wildman–Crippen MR) is 65.1 cm³/mol. The minimum atomic E-state index is -3.72. The smallest absolute Gasteiger partial charge is 0.211 e. The number of hydrogen-bond donors (Lipinski definition) is 1. The van der Waals surface area contributed by atoms with Crippen LogP contribution in [0.2, 0.25) is 0 Å². The van der Waals surface area contributed by atoms with Crippen molar-refractivity contribution in [2.24, 2.45) is 5.11 Å². The van der Waals surface area contributed by atoms with E-state index in [-0.39, 0.29) is 18.0 Å². The maximum absolute atomic E-state index is 13.1. The third-order valence-electron chi connectivity index (χ3n) is 2.26. The van der Waals surface area contributed by atoms with Gasteiger partial charge in [0.15, 0.2) is 0 Å². The maximum atomic E-state index is 13.1. The van der Waals surface area contributed by atoms with E-state index >= 15 is 0 Å². The normalized spacial score (nSPS) is 11.1. The van der Waals surface area contributed by atoms with Gasteiger partial charge in [0.2, 0.25) is 10.0 Å². The Kier molecular flexibility index (Phi) is 4.66. The monoisotopic (exact) mass is 272 g/mol. The molecule has 8 heteroatoms. The van der Waals surface area contributed by atoms with Crippen LogP contribution in [0.15, 0.2) is 22.1 Å². The molecule has 0 aromatic heterocycles. The molecule has 1 rings (SSSR count). The molecule has 0 fully saturated rings. The van der Waals surface area contributed by atoms with Gasteiger partial charge in [0.25, 0.3) is 0 Å². The van der Waals surface area contributed by atoms with Gasteiger partial charge in [0, 0.05) is 18.0 Å². The summed E-state index contributed by atoms with van der Waals surface area (Å²) < 4.78 is 39.3. The number of aryl methyl sites for hydroxylation is 2. The Balaban J connectivity index is 3.02. The van der Waals surface area contributed by atoms with Crippen LogP contribution in [0.5, 0.6) is 0 Å². The summed E-state index contributed by atoms with van der Waals surface area (Å²) in [5.74, 6) is -0.474. The number of nitrogens with one attached hydrogen (secondary N) is 1. The highest BCUT2D eigenvalue weighted by molar-refractivity contribution is 7.89. The summed E-state index contributed by atoms with van der Waals surface area (Å²) in [6.45, 7) is 3.08. The SMILES string of the molecule is Cc1cc(F)cc(C)c1S(=O)(=O)NCCN=[N+]=[N-]. The average Bonchev–Trinajstić information content (AvgIpc) is 2.22. The van der Waals surface area contributed by atoms with Crippen molar-refractivity contribution in [3.63, 3.8) is 0 Å². The third kappa shape index (κ3) is 3.43. The lowest BCUT2D eigenvalue weighted by Crippen LogP contribution is -2.27. The Bertz CT molecular complexity index is 571. The Labute approximate surface area is 105 Å². The van der Waals surface area contributed by atoms with Crippen LogP contribution in [-0.4, -0.2) is 21.5 Å². The van der Waals surface area contributed by atoms with Crippen LogP contribution in [0, 0.1) is 19.7 Å². The summed E-state index contributed by atoms with van der Waals surface area (Å²) in [6, 6.07) is 2.32. The summed E-state index contributed by atoms with van der Waals surface area (Å²) >= 11 is 0. The molecule has 0 aliphatic rings. The van der Waals surface area contributed by atoms with Gasteiger partial charge in [-0.05, 0) is 42.6 Å². The van der Waals surface area contributed by atoms with Gasteiger partial charge < -0.3 is 0 Å². The number of rotatable bonds is 5. The van der Waals surface area contributed by atoms with E-state index in [4.69, 9.17) is 5.53 Å². The van der Waals surface area contributed by atoms with E-state index in [1.165, 1.54) is 13.8 Å². The summed E-state index contributed by atoms with van der Waals surface area (Å²) in [7, 11) is -3.72. The van der Waals surface area contributed by atoms with Gasteiger partial charge in [-0.1, -0.05) is 5.11 Å². The van der Waals surface area contributed by atoms with Crippen molar-refractivity contribution in [1.29, 1.82) is 0 Å². The van der Waals surface area contributed by atoms with Gasteiger partial charge in [-0.15, -0.1) is 0 Å². The molecule has 6 nitrogen and oxygen atoms in total. The van der Waals surface area contributed by atoms with Crippen LogP contribution < -0.4 is 4.72 Å². The summed E-state index contributed by atoms with van der Waals surface area (Å²) in [4.78, 5) is 2.58. The fraction of sp³-hybridized carbons (Fsp3) is 0.400. The van der Waals surface area contributed by atoms with E-state index in [2.05, 4.69) is 14.7 Å². The topological polar surface area (TPSA) is 94.9 Å². The van der Waals surface area contributed by atoms with Gasteiger partial charge in [-0.3, -0.25) is 0 Å². The van der Waals surface area contributed by atoms with E-state index in [0.29, 0.717) is 11.1 Å². The average molecular weight is 272 g/mol. The third-order valence-corrected chi connectivity index (χ3v) is 4.03. The minimum absolute atomic E-state index is 0.00263. The lowest BCUT2D eigenvalue weighted by molar-refractivity contribution is 0.579. The van der Waals surface area contributed by atoms with E-state index in [9.17, 15) is 12.8 Å². The number of nitrogens with zero attached hydrogens (tertiary/aromatic N) is 3. The van der Waals surface area contributed by atoms with Gasteiger partial charge in [0.1, 0.15) is 5.82 Å². The molecular weight excluding hydrogens is 259 g/mol. The van der Waals surface area contributed by atoms with Gasteiger partial charge in [-0.2, -0.15) is 0 Å². The molecule has 0 saturated carbocycles. The molecule has 98 valence electrons. The van der Waals surface area contributed by atoms with Crippen molar-refractivity contribution < 1.29 is 12.8 Å². The number of hydrogen-bond acceptors (Lipinski definition) is 3.